The number of carbonyl (C=O) groups excluding carboxylic acids is 5. The van der Waals surface area contributed by atoms with Crippen LogP contribution in [-0.4, -0.2) is 112 Å². The molecule has 11 nitrogen and oxygen atoms in total. The number of hydrogen-bond donors (Lipinski definition) is 1. The summed E-state index contributed by atoms with van der Waals surface area (Å²) in [4.78, 5) is 76.0. The number of hydrogen-bond acceptors (Lipinski definition) is 9. The molecular formula is C62H83N5O6. The number of piperazine rings is 2. The highest BCUT2D eigenvalue weighted by molar-refractivity contribution is 5.93. The number of benzene rings is 4. The van der Waals surface area contributed by atoms with Gasteiger partial charge in [-0.15, -0.1) is 0 Å². The zero-order chi connectivity index (χ0) is 52.2. The molecule has 4 aromatic carbocycles. The SMILES string of the molecule is CC(C)[C@H](CC(=O)OC(C)(C)C)C(=O)N1CCN(Cc2ccccc2)C[C@H]1C(=O)C[C@@H]1CCCc2ccccc21.CC(C)[C@H](N)C(=O)N1CCN(Cc2ccccc2)C[C@H]1C(=O)C[C@@H]1CCCc2ccccc21. The molecule has 11 heteroatoms. The first kappa shape index (κ1) is 55.3. The Hall–Kier alpha value is -5.49. The maximum atomic E-state index is 14.1. The van der Waals surface area contributed by atoms with E-state index in [-0.39, 0.29) is 59.4 Å². The predicted octanol–water partition coefficient (Wildman–Crippen LogP) is 9.54. The van der Waals surface area contributed by atoms with E-state index < -0.39 is 29.6 Å². The van der Waals surface area contributed by atoms with Gasteiger partial charge in [0.05, 0.1) is 18.4 Å². The Morgan fingerprint density at radius 1 is 0.575 bits per heavy atom. The molecule has 8 rings (SSSR count). The molecule has 73 heavy (non-hydrogen) atoms. The van der Waals surface area contributed by atoms with Crippen LogP contribution in [0.15, 0.2) is 109 Å². The minimum atomic E-state index is -0.612. The summed E-state index contributed by atoms with van der Waals surface area (Å²) in [5.41, 5.74) is 13.3. The maximum absolute atomic E-state index is 14.1. The van der Waals surface area contributed by atoms with Gasteiger partial charge >= 0.3 is 5.97 Å². The molecule has 2 saturated heterocycles. The number of amides is 2. The molecule has 0 saturated carbocycles. The maximum Gasteiger partial charge on any atom is 0.307 e. The van der Waals surface area contributed by atoms with E-state index in [1.165, 1.54) is 33.4 Å². The average molecular weight is 994 g/mol. The number of nitrogens with two attached hydrogens (primary N) is 1. The van der Waals surface area contributed by atoms with Crippen molar-refractivity contribution in [2.45, 2.75) is 155 Å². The van der Waals surface area contributed by atoms with E-state index in [4.69, 9.17) is 10.5 Å². The Morgan fingerprint density at radius 2 is 1.00 bits per heavy atom. The van der Waals surface area contributed by atoms with Crippen molar-refractivity contribution in [1.82, 2.24) is 19.6 Å². The Bertz CT molecular complexity index is 2470. The quantitative estimate of drug-likeness (QED) is 0.109. The Labute approximate surface area is 436 Å². The van der Waals surface area contributed by atoms with Crippen molar-refractivity contribution in [2.24, 2.45) is 23.5 Å². The lowest BCUT2D eigenvalue weighted by Gasteiger charge is -2.43. The van der Waals surface area contributed by atoms with Crippen LogP contribution in [0.2, 0.25) is 0 Å². The largest absolute Gasteiger partial charge is 0.460 e. The van der Waals surface area contributed by atoms with Crippen LogP contribution in [0.5, 0.6) is 0 Å². The molecule has 4 aromatic rings. The second-order valence-corrected chi connectivity index (χ2v) is 22.9. The highest BCUT2D eigenvalue weighted by Crippen LogP contribution is 2.37. The van der Waals surface area contributed by atoms with Crippen molar-refractivity contribution in [1.29, 1.82) is 0 Å². The molecule has 0 spiro atoms. The van der Waals surface area contributed by atoms with E-state index in [1.54, 1.807) is 9.80 Å². The fourth-order valence-electron chi connectivity index (χ4n) is 11.5. The lowest BCUT2D eigenvalue weighted by atomic mass is 9.79. The molecule has 0 unspecified atom stereocenters. The van der Waals surface area contributed by atoms with Gasteiger partial charge in [-0.25, -0.2) is 0 Å². The molecule has 2 heterocycles. The molecule has 392 valence electrons. The number of nitrogens with zero attached hydrogens (tertiary/aromatic N) is 4. The summed E-state index contributed by atoms with van der Waals surface area (Å²) >= 11 is 0. The number of Topliss-reactive ketones (excluding diaryl/α,β-unsaturated/α-hetero) is 2. The van der Waals surface area contributed by atoms with Crippen LogP contribution in [-0.2, 0) is 54.6 Å². The summed E-state index contributed by atoms with van der Waals surface area (Å²) in [6, 6.07) is 36.0. The van der Waals surface area contributed by atoms with Gasteiger partial charge in [-0.05, 0) is 116 Å². The first-order valence-corrected chi connectivity index (χ1v) is 27.3. The average Bonchev–Trinajstić information content (AvgIpc) is 3.37. The highest BCUT2D eigenvalue weighted by atomic mass is 16.6. The summed E-state index contributed by atoms with van der Waals surface area (Å²) in [6.45, 7) is 18.4. The van der Waals surface area contributed by atoms with Crippen LogP contribution >= 0.6 is 0 Å². The predicted molar refractivity (Wildman–Crippen MR) is 290 cm³/mol. The molecule has 0 bridgehead atoms. The number of carbonyl (C=O) groups is 5. The van der Waals surface area contributed by atoms with Gasteiger partial charge in [0.2, 0.25) is 11.8 Å². The Kier molecular flexibility index (Phi) is 19.4. The van der Waals surface area contributed by atoms with Crippen molar-refractivity contribution in [2.75, 3.05) is 39.3 Å². The van der Waals surface area contributed by atoms with E-state index in [2.05, 4.69) is 82.6 Å². The van der Waals surface area contributed by atoms with Crippen LogP contribution in [0, 0.1) is 17.8 Å². The van der Waals surface area contributed by atoms with Gasteiger partial charge < -0.3 is 20.3 Å². The first-order valence-electron chi connectivity index (χ1n) is 27.3. The number of esters is 1. The van der Waals surface area contributed by atoms with Crippen molar-refractivity contribution >= 4 is 29.4 Å². The number of fused-ring (bicyclic) bond motifs is 2. The third-order valence-electron chi connectivity index (χ3n) is 15.6. The topological polar surface area (TPSA) is 134 Å². The lowest BCUT2D eigenvalue weighted by Crippen LogP contribution is -2.61. The Morgan fingerprint density at radius 3 is 1.42 bits per heavy atom. The van der Waals surface area contributed by atoms with E-state index in [0.29, 0.717) is 45.6 Å². The molecule has 6 atom stereocenters. The molecule has 4 aliphatic rings. The van der Waals surface area contributed by atoms with Gasteiger partial charge in [0.25, 0.3) is 0 Å². The zero-order valence-corrected chi connectivity index (χ0v) is 44.8. The zero-order valence-electron chi connectivity index (χ0n) is 44.8. The molecule has 2 aliphatic carbocycles. The van der Waals surface area contributed by atoms with Crippen molar-refractivity contribution < 1.29 is 28.7 Å². The van der Waals surface area contributed by atoms with Gasteiger partial charge in [-0.1, -0.05) is 137 Å². The third kappa shape index (κ3) is 15.1. The van der Waals surface area contributed by atoms with Crippen molar-refractivity contribution in [3.8, 4) is 0 Å². The van der Waals surface area contributed by atoms with Crippen molar-refractivity contribution in [3.63, 3.8) is 0 Å². The number of ether oxygens (including phenoxy) is 1. The second kappa shape index (κ2) is 25.6. The molecular weight excluding hydrogens is 911 g/mol. The molecule has 2 amide bonds. The van der Waals surface area contributed by atoms with Gasteiger partial charge in [0.15, 0.2) is 11.6 Å². The molecule has 2 aliphatic heterocycles. The van der Waals surface area contributed by atoms with E-state index in [0.717, 1.165) is 58.2 Å². The van der Waals surface area contributed by atoms with Crippen LogP contribution in [0.3, 0.4) is 0 Å². The normalized spacial score (nSPS) is 21.3. The first-order chi connectivity index (χ1) is 34.9. The second-order valence-electron chi connectivity index (χ2n) is 22.9. The van der Waals surface area contributed by atoms with E-state index in [1.807, 2.05) is 84.9 Å². The van der Waals surface area contributed by atoms with Crippen LogP contribution < -0.4 is 5.73 Å². The van der Waals surface area contributed by atoms with Crippen LogP contribution in [0.1, 0.15) is 139 Å². The number of ketones is 2. The summed E-state index contributed by atoms with van der Waals surface area (Å²) in [5, 5.41) is 0. The number of aryl methyl sites for hydroxylation is 2. The Balaban J connectivity index is 0.000000218. The summed E-state index contributed by atoms with van der Waals surface area (Å²) in [7, 11) is 0. The molecule has 0 radical (unpaired) electrons. The van der Waals surface area contributed by atoms with Crippen LogP contribution in [0.25, 0.3) is 0 Å². The molecule has 0 aromatic heterocycles. The monoisotopic (exact) mass is 994 g/mol. The minimum absolute atomic E-state index is 0.0227. The van der Waals surface area contributed by atoms with Crippen LogP contribution in [0.4, 0.5) is 0 Å². The fraction of sp³-hybridized carbons (Fsp3) is 0.532. The number of rotatable bonds is 16. The van der Waals surface area contributed by atoms with Gasteiger partial charge in [-0.3, -0.25) is 33.8 Å². The highest BCUT2D eigenvalue weighted by Gasteiger charge is 2.42. The third-order valence-corrected chi connectivity index (χ3v) is 15.6. The van der Waals surface area contributed by atoms with E-state index >= 15 is 0 Å². The van der Waals surface area contributed by atoms with Gasteiger partial charge in [0.1, 0.15) is 17.7 Å². The smallest absolute Gasteiger partial charge is 0.307 e. The summed E-state index contributed by atoms with van der Waals surface area (Å²) in [6.07, 6.45) is 7.30. The summed E-state index contributed by atoms with van der Waals surface area (Å²) < 4.78 is 5.56. The molecule has 2 N–H and O–H groups in total. The summed E-state index contributed by atoms with van der Waals surface area (Å²) in [5.74, 6) is -0.403. The fourth-order valence-corrected chi connectivity index (χ4v) is 11.5. The van der Waals surface area contributed by atoms with Gasteiger partial charge in [-0.2, -0.15) is 0 Å². The minimum Gasteiger partial charge on any atom is -0.460 e. The molecule has 2 fully saturated rings. The standard InChI is InChI=1S/C34H46N2O4.C28H37N3O2/c1-24(2)29(21-32(38)40-34(3,4)5)33(39)36-19-18-35(22-25-12-7-6-8-13-25)23-30(36)31(37)20-27-16-11-15-26-14-9-10-17-28(26)27;1-20(2)27(29)28(33)31-16-15-30(18-21-9-4-3-5-10-21)19-25(31)26(32)17-23-13-8-12-22-11-6-7-14-24(22)23/h6-10,12-14,17,24,27,29-30H,11,15-16,18-23H2,1-5H3;3-7,9-11,14,20,23,25,27H,8,12-13,15-19,29H2,1-2H3/t27-,29-,30-;23-,25-,27-/m00/s1. The van der Waals surface area contributed by atoms with Crippen molar-refractivity contribution in [3.05, 3.63) is 143 Å². The van der Waals surface area contributed by atoms with Gasteiger partial charge in [0, 0.05) is 65.2 Å². The lowest BCUT2D eigenvalue weighted by molar-refractivity contribution is -0.160. The van der Waals surface area contributed by atoms with E-state index in [9.17, 15) is 24.0 Å².